The average molecular weight is 350 g/mol. The highest BCUT2D eigenvalue weighted by atomic mass is 32.1. The van der Waals surface area contributed by atoms with Gasteiger partial charge in [0.1, 0.15) is 5.75 Å². The number of hydrogen-bond donors (Lipinski definition) is 2. The number of benzene rings is 2. The van der Waals surface area contributed by atoms with Gasteiger partial charge in [-0.2, -0.15) is 0 Å². The van der Waals surface area contributed by atoms with Crippen LogP contribution in [-0.4, -0.2) is 16.0 Å². The molecular formula is C20H18N2O2S. The molecule has 0 saturated heterocycles. The highest BCUT2D eigenvalue weighted by Gasteiger charge is 2.44. The van der Waals surface area contributed by atoms with Gasteiger partial charge in [0.15, 0.2) is 5.13 Å². The zero-order valence-electron chi connectivity index (χ0n) is 13.6. The number of fused-ring (bicyclic) bond motifs is 1. The minimum Gasteiger partial charge on any atom is -0.508 e. The fourth-order valence-electron chi connectivity index (χ4n) is 3.58. The summed E-state index contributed by atoms with van der Waals surface area (Å²) < 4.78 is 0. The number of thiazole rings is 1. The molecule has 1 aliphatic carbocycles. The lowest BCUT2D eigenvalue weighted by molar-refractivity contribution is -0.125. The molecular weight excluding hydrogens is 332 g/mol. The maximum atomic E-state index is 13.2. The van der Waals surface area contributed by atoms with E-state index in [9.17, 15) is 9.90 Å². The lowest BCUT2D eigenvalue weighted by Crippen LogP contribution is -2.39. The van der Waals surface area contributed by atoms with Crippen molar-refractivity contribution in [2.45, 2.75) is 19.3 Å². The van der Waals surface area contributed by atoms with E-state index in [2.05, 4.69) is 22.4 Å². The van der Waals surface area contributed by atoms with Gasteiger partial charge in [0.05, 0.1) is 5.41 Å². The summed E-state index contributed by atoms with van der Waals surface area (Å²) in [6.07, 6.45) is 3.73. The van der Waals surface area contributed by atoms with Gasteiger partial charge in [-0.1, -0.05) is 36.4 Å². The van der Waals surface area contributed by atoms with Gasteiger partial charge >= 0.3 is 0 Å². The third kappa shape index (κ3) is 3.15. The number of nitrogens with zero attached hydrogens (tertiary/aromatic N) is 1. The number of nitrogens with one attached hydrogen (secondary N) is 1. The zero-order chi connectivity index (χ0) is 17.3. The van der Waals surface area contributed by atoms with Gasteiger partial charge < -0.3 is 10.4 Å². The second-order valence-corrected chi connectivity index (χ2v) is 7.43. The summed E-state index contributed by atoms with van der Waals surface area (Å²) in [6.45, 7) is 0. The summed E-state index contributed by atoms with van der Waals surface area (Å²) in [5.74, 6) is 0.242. The third-order valence-electron chi connectivity index (χ3n) is 4.79. The van der Waals surface area contributed by atoms with E-state index in [1.165, 1.54) is 22.5 Å². The number of phenols is 1. The fourth-order valence-corrected chi connectivity index (χ4v) is 4.10. The lowest BCUT2D eigenvalue weighted by Gasteiger charge is -2.27. The van der Waals surface area contributed by atoms with Crippen molar-refractivity contribution in [1.82, 2.24) is 4.98 Å². The van der Waals surface area contributed by atoms with E-state index in [1.807, 2.05) is 29.6 Å². The zero-order valence-corrected chi connectivity index (χ0v) is 14.4. The van der Waals surface area contributed by atoms with Crippen molar-refractivity contribution in [3.8, 4) is 5.75 Å². The van der Waals surface area contributed by atoms with E-state index in [4.69, 9.17) is 0 Å². The molecule has 4 nitrogen and oxygen atoms in total. The van der Waals surface area contributed by atoms with Crippen LogP contribution in [0.3, 0.4) is 0 Å². The summed E-state index contributed by atoms with van der Waals surface area (Å²) in [5.41, 5.74) is 2.97. The largest absolute Gasteiger partial charge is 0.508 e. The van der Waals surface area contributed by atoms with Crippen LogP contribution in [0.25, 0.3) is 0 Å². The first kappa shape index (κ1) is 15.8. The van der Waals surface area contributed by atoms with Crippen molar-refractivity contribution < 1.29 is 9.90 Å². The van der Waals surface area contributed by atoms with E-state index in [1.54, 1.807) is 18.3 Å². The minimum atomic E-state index is -0.535. The second-order valence-electron chi connectivity index (χ2n) is 6.54. The van der Waals surface area contributed by atoms with Crippen molar-refractivity contribution in [1.29, 1.82) is 0 Å². The molecule has 0 bridgehead atoms. The molecule has 1 heterocycles. The number of aromatic nitrogens is 1. The van der Waals surface area contributed by atoms with Gasteiger partial charge in [0, 0.05) is 11.6 Å². The van der Waals surface area contributed by atoms with Crippen LogP contribution in [0, 0.1) is 5.41 Å². The second kappa shape index (κ2) is 6.33. The average Bonchev–Trinajstić information content (AvgIpc) is 3.24. The van der Waals surface area contributed by atoms with Gasteiger partial charge in [0.25, 0.3) is 0 Å². The van der Waals surface area contributed by atoms with Crippen molar-refractivity contribution in [3.05, 3.63) is 76.8 Å². The van der Waals surface area contributed by atoms with E-state index in [0.717, 1.165) is 5.56 Å². The highest BCUT2D eigenvalue weighted by molar-refractivity contribution is 7.13. The maximum Gasteiger partial charge on any atom is 0.233 e. The summed E-state index contributed by atoms with van der Waals surface area (Å²) in [5, 5.41) is 15.0. The van der Waals surface area contributed by atoms with E-state index < -0.39 is 5.41 Å². The van der Waals surface area contributed by atoms with Gasteiger partial charge in [0.2, 0.25) is 5.91 Å². The SMILES string of the molecule is O=C(Nc1nccs1)C1(Cc2ccc(O)cc2)Cc2ccccc2C1. The number of hydrogen-bond acceptors (Lipinski definition) is 4. The highest BCUT2D eigenvalue weighted by Crippen LogP contribution is 2.41. The van der Waals surface area contributed by atoms with Crippen molar-refractivity contribution in [3.63, 3.8) is 0 Å². The Bertz CT molecular complexity index is 863. The normalized spacial score (nSPS) is 14.9. The summed E-state index contributed by atoms with van der Waals surface area (Å²) in [4.78, 5) is 17.4. The van der Waals surface area contributed by atoms with Gasteiger partial charge in [-0.25, -0.2) is 4.98 Å². The first-order valence-corrected chi connectivity index (χ1v) is 9.08. The molecule has 25 heavy (non-hydrogen) atoms. The van der Waals surface area contributed by atoms with Crippen molar-refractivity contribution >= 4 is 22.4 Å². The Morgan fingerprint density at radius 3 is 2.40 bits per heavy atom. The minimum absolute atomic E-state index is 0.00623. The van der Waals surface area contributed by atoms with Crippen LogP contribution < -0.4 is 5.32 Å². The number of carbonyl (C=O) groups excluding carboxylic acids is 1. The van der Waals surface area contributed by atoms with Gasteiger partial charge in [-0.05, 0) is 48.1 Å². The Morgan fingerprint density at radius 1 is 1.12 bits per heavy atom. The molecule has 0 atom stereocenters. The Morgan fingerprint density at radius 2 is 1.80 bits per heavy atom. The van der Waals surface area contributed by atoms with E-state index in [0.29, 0.717) is 24.4 Å². The monoisotopic (exact) mass is 350 g/mol. The number of aromatic hydroxyl groups is 1. The number of phenolic OH excluding ortho intramolecular Hbond substituents is 1. The Hall–Kier alpha value is -2.66. The standard InChI is InChI=1S/C20H18N2O2S/c23-17-7-5-14(6-8-17)11-20(18(24)22-19-21-9-10-25-19)12-15-3-1-2-4-16(15)13-20/h1-10,23H,11-13H2,(H,21,22,24). The maximum absolute atomic E-state index is 13.2. The van der Waals surface area contributed by atoms with E-state index in [-0.39, 0.29) is 11.7 Å². The molecule has 1 aliphatic rings. The van der Waals surface area contributed by atoms with Gasteiger partial charge in [-0.15, -0.1) is 11.3 Å². The fraction of sp³-hybridized carbons (Fsp3) is 0.200. The Kier molecular flexibility index (Phi) is 4.01. The number of rotatable bonds is 4. The molecule has 0 unspecified atom stereocenters. The van der Waals surface area contributed by atoms with Crippen LogP contribution in [0.1, 0.15) is 16.7 Å². The molecule has 2 N–H and O–H groups in total. The predicted molar refractivity (Wildman–Crippen MR) is 98.8 cm³/mol. The van der Waals surface area contributed by atoms with Crippen LogP contribution >= 0.6 is 11.3 Å². The Labute approximate surface area is 150 Å². The Balaban J connectivity index is 1.66. The third-order valence-corrected chi connectivity index (χ3v) is 5.48. The molecule has 1 aromatic heterocycles. The summed E-state index contributed by atoms with van der Waals surface area (Å²) in [7, 11) is 0. The summed E-state index contributed by atoms with van der Waals surface area (Å²) in [6, 6.07) is 15.4. The molecule has 4 rings (SSSR count). The predicted octanol–water partition coefficient (Wildman–Crippen LogP) is 3.82. The van der Waals surface area contributed by atoms with Crippen LogP contribution in [0.2, 0.25) is 0 Å². The van der Waals surface area contributed by atoms with Crippen LogP contribution in [-0.2, 0) is 24.1 Å². The van der Waals surface area contributed by atoms with Crippen molar-refractivity contribution in [2.24, 2.45) is 5.41 Å². The van der Waals surface area contributed by atoms with Crippen molar-refractivity contribution in [2.75, 3.05) is 5.32 Å². The molecule has 3 aromatic rings. The molecule has 126 valence electrons. The van der Waals surface area contributed by atoms with Crippen LogP contribution in [0.5, 0.6) is 5.75 Å². The smallest absolute Gasteiger partial charge is 0.233 e. The molecule has 2 aromatic carbocycles. The number of carbonyl (C=O) groups is 1. The molecule has 5 heteroatoms. The number of anilines is 1. The topological polar surface area (TPSA) is 62.2 Å². The first-order valence-electron chi connectivity index (χ1n) is 8.20. The first-order chi connectivity index (χ1) is 12.1. The number of amides is 1. The van der Waals surface area contributed by atoms with Gasteiger partial charge in [-0.3, -0.25) is 4.79 Å². The molecule has 0 aliphatic heterocycles. The molecule has 0 radical (unpaired) electrons. The lowest BCUT2D eigenvalue weighted by atomic mass is 9.78. The molecule has 0 fully saturated rings. The quantitative estimate of drug-likeness (QED) is 0.752. The van der Waals surface area contributed by atoms with E-state index >= 15 is 0 Å². The van der Waals surface area contributed by atoms with Crippen LogP contribution in [0.15, 0.2) is 60.1 Å². The summed E-state index contributed by atoms with van der Waals surface area (Å²) >= 11 is 1.42. The van der Waals surface area contributed by atoms with Crippen LogP contribution in [0.4, 0.5) is 5.13 Å². The molecule has 1 amide bonds. The molecule has 0 saturated carbocycles. The molecule has 0 spiro atoms.